The predicted molar refractivity (Wildman–Crippen MR) is 87.6 cm³/mol. The van der Waals surface area contributed by atoms with Crippen molar-refractivity contribution in [3.8, 4) is 0 Å². The number of carbonyl (C=O) groups excluding carboxylic acids is 2. The molecule has 1 heterocycles. The topological polar surface area (TPSA) is 61.4 Å². The standard InChI is InChI=1S/C17H31N3O2/c1-15(21)18-11-8-16(22)19-14-17(9-4-2-5-10-17)20-12-6-3-7-13-20/h2-14H2,1H3,(H,18,21)(H,19,22). The molecule has 2 N–H and O–H groups in total. The number of amides is 2. The van der Waals surface area contributed by atoms with Crippen LogP contribution in [0.5, 0.6) is 0 Å². The first-order valence-corrected chi connectivity index (χ1v) is 8.89. The summed E-state index contributed by atoms with van der Waals surface area (Å²) < 4.78 is 0. The van der Waals surface area contributed by atoms with Crippen LogP contribution < -0.4 is 10.6 Å². The highest BCUT2D eigenvalue weighted by atomic mass is 16.2. The highest BCUT2D eigenvalue weighted by Crippen LogP contribution is 2.35. The van der Waals surface area contributed by atoms with Gasteiger partial charge in [0.1, 0.15) is 0 Å². The Morgan fingerprint density at radius 1 is 0.955 bits per heavy atom. The lowest BCUT2D eigenvalue weighted by Gasteiger charge is -2.48. The Labute approximate surface area is 134 Å². The molecule has 2 rings (SSSR count). The Kier molecular flexibility index (Phi) is 6.68. The fourth-order valence-electron chi connectivity index (χ4n) is 3.89. The monoisotopic (exact) mass is 309 g/mol. The molecule has 1 saturated heterocycles. The van der Waals surface area contributed by atoms with Gasteiger partial charge in [0.2, 0.25) is 11.8 Å². The number of rotatable bonds is 6. The number of piperidine rings is 1. The van der Waals surface area contributed by atoms with Gasteiger partial charge < -0.3 is 10.6 Å². The molecule has 0 spiro atoms. The summed E-state index contributed by atoms with van der Waals surface area (Å²) in [6, 6.07) is 0. The predicted octanol–water partition coefficient (Wildman–Crippen LogP) is 1.82. The van der Waals surface area contributed by atoms with E-state index in [4.69, 9.17) is 0 Å². The van der Waals surface area contributed by atoms with Crippen molar-refractivity contribution >= 4 is 11.8 Å². The summed E-state index contributed by atoms with van der Waals surface area (Å²) in [6.45, 7) is 5.04. The van der Waals surface area contributed by atoms with Crippen LogP contribution in [0.4, 0.5) is 0 Å². The second-order valence-electron chi connectivity index (χ2n) is 6.84. The van der Waals surface area contributed by atoms with Crippen LogP contribution in [0, 0.1) is 0 Å². The first-order valence-electron chi connectivity index (χ1n) is 8.89. The molecule has 5 nitrogen and oxygen atoms in total. The Morgan fingerprint density at radius 2 is 1.59 bits per heavy atom. The summed E-state index contributed by atoms with van der Waals surface area (Å²) in [4.78, 5) is 25.5. The number of nitrogens with zero attached hydrogens (tertiary/aromatic N) is 1. The van der Waals surface area contributed by atoms with Crippen LogP contribution >= 0.6 is 0 Å². The molecule has 2 fully saturated rings. The zero-order valence-corrected chi connectivity index (χ0v) is 14.0. The third-order valence-electron chi connectivity index (χ3n) is 5.15. The van der Waals surface area contributed by atoms with E-state index in [1.165, 1.54) is 71.4 Å². The average molecular weight is 309 g/mol. The van der Waals surface area contributed by atoms with Gasteiger partial charge in [-0.1, -0.05) is 25.7 Å². The van der Waals surface area contributed by atoms with Crippen molar-refractivity contribution in [2.45, 2.75) is 70.3 Å². The molecular weight excluding hydrogens is 278 g/mol. The SMILES string of the molecule is CC(=O)NCCC(=O)NCC1(N2CCCCC2)CCCCC1. The molecule has 0 bridgehead atoms. The number of carbonyl (C=O) groups is 2. The summed E-state index contributed by atoms with van der Waals surface area (Å²) >= 11 is 0. The molecule has 22 heavy (non-hydrogen) atoms. The summed E-state index contributed by atoms with van der Waals surface area (Å²) in [5.74, 6) is -0.0272. The quantitative estimate of drug-likeness (QED) is 0.787. The first-order chi connectivity index (χ1) is 10.6. The third kappa shape index (κ3) is 4.97. The molecule has 0 radical (unpaired) electrons. The first kappa shape index (κ1) is 17.3. The average Bonchev–Trinajstić information content (AvgIpc) is 2.54. The highest BCUT2D eigenvalue weighted by Gasteiger charge is 2.38. The molecule has 2 aliphatic rings. The largest absolute Gasteiger partial charge is 0.356 e. The number of hydrogen-bond donors (Lipinski definition) is 2. The van der Waals surface area contributed by atoms with E-state index >= 15 is 0 Å². The van der Waals surface area contributed by atoms with Crippen molar-refractivity contribution in [1.82, 2.24) is 15.5 Å². The zero-order chi connectivity index (χ0) is 15.8. The molecule has 0 aromatic heterocycles. The van der Waals surface area contributed by atoms with E-state index in [-0.39, 0.29) is 17.4 Å². The van der Waals surface area contributed by atoms with Crippen LogP contribution in [0.1, 0.15) is 64.7 Å². The molecule has 2 amide bonds. The van der Waals surface area contributed by atoms with E-state index in [0.717, 1.165) is 6.54 Å². The van der Waals surface area contributed by atoms with Gasteiger partial charge >= 0.3 is 0 Å². The molecule has 0 atom stereocenters. The summed E-state index contributed by atoms with van der Waals surface area (Å²) in [5.41, 5.74) is 0.183. The molecule has 1 aliphatic heterocycles. The van der Waals surface area contributed by atoms with Crippen LogP contribution in [0.15, 0.2) is 0 Å². The molecule has 0 aromatic carbocycles. The minimum absolute atomic E-state index is 0.0516. The lowest BCUT2D eigenvalue weighted by Crippen LogP contribution is -2.58. The summed E-state index contributed by atoms with van der Waals surface area (Å²) in [5, 5.41) is 5.81. The van der Waals surface area contributed by atoms with Gasteiger partial charge in [0, 0.05) is 32.0 Å². The van der Waals surface area contributed by atoms with E-state index in [9.17, 15) is 9.59 Å². The van der Waals surface area contributed by atoms with Crippen molar-refractivity contribution < 1.29 is 9.59 Å². The second kappa shape index (κ2) is 8.51. The molecule has 5 heteroatoms. The Balaban J connectivity index is 1.84. The third-order valence-corrected chi connectivity index (χ3v) is 5.15. The minimum atomic E-state index is -0.0788. The number of hydrogen-bond acceptors (Lipinski definition) is 3. The lowest BCUT2D eigenvalue weighted by atomic mass is 9.79. The summed E-state index contributed by atoms with van der Waals surface area (Å²) in [6.07, 6.45) is 10.6. The van der Waals surface area contributed by atoms with Gasteiger partial charge in [-0.3, -0.25) is 14.5 Å². The summed E-state index contributed by atoms with van der Waals surface area (Å²) in [7, 11) is 0. The lowest BCUT2D eigenvalue weighted by molar-refractivity contribution is -0.122. The highest BCUT2D eigenvalue weighted by molar-refractivity contribution is 5.77. The number of nitrogens with one attached hydrogen (secondary N) is 2. The molecule has 0 aromatic rings. The molecular formula is C17H31N3O2. The van der Waals surface area contributed by atoms with Crippen molar-refractivity contribution in [2.75, 3.05) is 26.2 Å². The minimum Gasteiger partial charge on any atom is -0.356 e. The van der Waals surface area contributed by atoms with Crippen LogP contribution in [-0.4, -0.2) is 48.4 Å². The van der Waals surface area contributed by atoms with E-state index < -0.39 is 0 Å². The van der Waals surface area contributed by atoms with Gasteiger partial charge in [-0.05, 0) is 38.8 Å². The maximum absolute atomic E-state index is 12.0. The molecule has 1 saturated carbocycles. The maximum Gasteiger partial charge on any atom is 0.221 e. The van der Waals surface area contributed by atoms with Gasteiger partial charge in [0.15, 0.2) is 0 Å². The van der Waals surface area contributed by atoms with Gasteiger partial charge in [-0.25, -0.2) is 0 Å². The van der Waals surface area contributed by atoms with Gasteiger partial charge in [-0.2, -0.15) is 0 Å². The zero-order valence-electron chi connectivity index (χ0n) is 14.0. The Morgan fingerprint density at radius 3 is 2.23 bits per heavy atom. The maximum atomic E-state index is 12.0. The van der Waals surface area contributed by atoms with Crippen LogP contribution in [0.2, 0.25) is 0 Å². The van der Waals surface area contributed by atoms with Crippen LogP contribution in [0.3, 0.4) is 0 Å². The van der Waals surface area contributed by atoms with Gasteiger partial charge in [0.25, 0.3) is 0 Å². The Bertz CT molecular complexity index is 372. The van der Waals surface area contributed by atoms with Crippen molar-refractivity contribution in [3.63, 3.8) is 0 Å². The number of likely N-dealkylation sites (tertiary alicyclic amines) is 1. The van der Waals surface area contributed by atoms with Crippen LogP contribution in [0.25, 0.3) is 0 Å². The fourth-order valence-corrected chi connectivity index (χ4v) is 3.89. The molecule has 1 aliphatic carbocycles. The van der Waals surface area contributed by atoms with Crippen molar-refractivity contribution in [3.05, 3.63) is 0 Å². The van der Waals surface area contributed by atoms with Gasteiger partial charge in [-0.15, -0.1) is 0 Å². The van der Waals surface area contributed by atoms with E-state index in [1.54, 1.807) is 0 Å². The van der Waals surface area contributed by atoms with E-state index in [1.807, 2.05) is 0 Å². The molecule has 126 valence electrons. The van der Waals surface area contributed by atoms with E-state index in [2.05, 4.69) is 15.5 Å². The Hall–Kier alpha value is -1.10. The normalized spacial score (nSPS) is 22.0. The van der Waals surface area contributed by atoms with E-state index in [0.29, 0.717) is 13.0 Å². The van der Waals surface area contributed by atoms with Gasteiger partial charge in [0.05, 0.1) is 0 Å². The van der Waals surface area contributed by atoms with Crippen LogP contribution in [-0.2, 0) is 9.59 Å². The van der Waals surface area contributed by atoms with Crippen molar-refractivity contribution in [1.29, 1.82) is 0 Å². The second-order valence-corrected chi connectivity index (χ2v) is 6.84. The molecule has 0 unspecified atom stereocenters. The van der Waals surface area contributed by atoms with Crippen molar-refractivity contribution in [2.24, 2.45) is 0 Å². The smallest absolute Gasteiger partial charge is 0.221 e. The fraction of sp³-hybridized carbons (Fsp3) is 0.882.